The molecule has 0 aliphatic heterocycles. The molecule has 0 spiro atoms. The molecule has 2 unspecified atom stereocenters. The molecule has 108 valence electrons. The molecular formula is C16H27NO2. The van der Waals surface area contributed by atoms with Crippen LogP contribution in [-0.2, 0) is 0 Å². The Labute approximate surface area is 117 Å². The van der Waals surface area contributed by atoms with Crippen LogP contribution in [0.1, 0.15) is 38.8 Å². The molecule has 1 aromatic carbocycles. The molecule has 0 saturated heterocycles. The van der Waals surface area contributed by atoms with Crippen molar-refractivity contribution in [2.45, 2.75) is 39.3 Å². The quantitative estimate of drug-likeness (QED) is 0.822. The number of hydrogen-bond acceptors (Lipinski definition) is 3. The molecule has 0 aromatic heterocycles. The van der Waals surface area contributed by atoms with E-state index in [1.807, 2.05) is 26.0 Å². The molecular weight excluding hydrogens is 238 g/mol. The van der Waals surface area contributed by atoms with Crippen molar-refractivity contribution in [2.24, 2.45) is 5.92 Å². The first kappa shape index (κ1) is 16.0. The lowest BCUT2D eigenvalue weighted by Crippen LogP contribution is -2.29. The first-order valence-corrected chi connectivity index (χ1v) is 7.03. The molecule has 0 aliphatic rings. The SMILES string of the molecule is CCC(CO)C(c1ccc(OC(C)C)cc1)N(C)C. The van der Waals surface area contributed by atoms with Gasteiger partial charge in [0, 0.05) is 18.6 Å². The van der Waals surface area contributed by atoms with Crippen LogP contribution in [0.5, 0.6) is 5.75 Å². The highest BCUT2D eigenvalue weighted by molar-refractivity contribution is 5.29. The smallest absolute Gasteiger partial charge is 0.119 e. The van der Waals surface area contributed by atoms with Crippen molar-refractivity contribution in [1.29, 1.82) is 0 Å². The number of nitrogens with zero attached hydrogens (tertiary/aromatic N) is 1. The molecule has 0 heterocycles. The van der Waals surface area contributed by atoms with Gasteiger partial charge in [0.25, 0.3) is 0 Å². The molecule has 1 aromatic rings. The van der Waals surface area contributed by atoms with Gasteiger partial charge < -0.3 is 14.7 Å². The van der Waals surface area contributed by atoms with Gasteiger partial charge in [0.15, 0.2) is 0 Å². The summed E-state index contributed by atoms with van der Waals surface area (Å²) in [6, 6.07) is 8.45. The van der Waals surface area contributed by atoms with Crippen LogP contribution >= 0.6 is 0 Å². The van der Waals surface area contributed by atoms with Gasteiger partial charge in [-0.25, -0.2) is 0 Å². The second-order valence-corrected chi connectivity index (χ2v) is 5.49. The number of ether oxygens (including phenoxy) is 1. The van der Waals surface area contributed by atoms with Crippen molar-refractivity contribution in [3.05, 3.63) is 29.8 Å². The fourth-order valence-corrected chi connectivity index (χ4v) is 2.46. The molecule has 0 radical (unpaired) electrons. The maximum absolute atomic E-state index is 9.53. The lowest BCUT2D eigenvalue weighted by atomic mass is 9.90. The maximum atomic E-state index is 9.53. The summed E-state index contributed by atoms with van der Waals surface area (Å²) in [6.07, 6.45) is 1.15. The highest BCUT2D eigenvalue weighted by Crippen LogP contribution is 2.30. The van der Waals surface area contributed by atoms with Crippen molar-refractivity contribution in [3.63, 3.8) is 0 Å². The average molecular weight is 265 g/mol. The van der Waals surface area contributed by atoms with E-state index < -0.39 is 0 Å². The number of aliphatic hydroxyl groups is 1. The summed E-state index contributed by atoms with van der Waals surface area (Å²) < 4.78 is 5.66. The minimum atomic E-state index is 0.191. The minimum Gasteiger partial charge on any atom is -0.491 e. The van der Waals surface area contributed by atoms with Crippen LogP contribution in [0.2, 0.25) is 0 Å². The molecule has 3 heteroatoms. The van der Waals surface area contributed by atoms with Gasteiger partial charge in [-0.05, 0) is 52.1 Å². The molecule has 1 rings (SSSR count). The van der Waals surface area contributed by atoms with E-state index in [2.05, 4.69) is 38.1 Å². The lowest BCUT2D eigenvalue weighted by Gasteiger charge is -2.31. The highest BCUT2D eigenvalue weighted by atomic mass is 16.5. The normalized spacial score (nSPS) is 14.7. The Morgan fingerprint density at radius 1 is 1.16 bits per heavy atom. The minimum absolute atomic E-state index is 0.191. The number of rotatable bonds is 7. The molecule has 3 nitrogen and oxygen atoms in total. The highest BCUT2D eigenvalue weighted by Gasteiger charge is 2.23. The van der Waals surface area contributed by atoms with Gasteiger partial charge in [-0.1, -0.05) is 19.1 Å². The molecule has 1 N–H and O–H groups in total. The van der Waals surface area contributed by atoms with E-state index in [0.717, 1.165) is 12.2 Å². The second-order valence-electron chi connectivity index (χ2n) is 5.49. The summed E-state index contributed by atoms with van der Waals surface area (Å²) >= 11 is 0. The van der Waals surface area contributed by atoms with E-state index >= 15 is 0 Å². The standard InChI is InChI=1S/C16H27NO2/c1-6-13(11-18)16(17(4)5)14-7-9-15(10-8-14)19-12(2)3/h7-10,12-13,16,18H,6,11H2,1-5H3. The van der Waals surface area contributed by atoms with Gasteiger partial charge in [0.05, 0.1) is 6.10 Å². The third-order valence-corrected chi connectivity index (χ3v) is 3.36. The fourth-order valence-electron chi connectivity index (χ4n) is 2.46. The van der Waals surface area contributed by atoms with E-state index in [1.165, 1.54) is 5.56 Å². The van der Waals surface area contributed by atoms with E-state index in [-0.39, 0.29) is 24.7 Å². The molecule has 0 amide bonds. The number of aliphatic hydroxyl groups excluding tert-OH is 1. The van der Waals surface area contributed by atoms with Gasteiger partial charge in [0.1, 0.15) is 5.75 Å². The third-order valence-electron chi connectivity index (χ3n) is 3.36. The fraction of sp³-hybridized carbons (Fsp3) is 0.625. The molecule has 0 aliphatic carbocycles. The summed E-state index contributed by atoms with van der Waals surface area (Å²) in [6.45, 7) is 6.38. The average Bonchev–Trinajstić information content (AvgIpc) is 2.36. The second kappa shape index (κ2) is 7.51. The van der Waals surface area contributed by atoms with Gasteiger partial charge in [-0.15, -0.1) is 0 Å². The number of benzene rings is 1. The number of hydrogen-bond donors (Lipinski definition) is 1. The van der Waals surface area contributed by atoms with Crippen LogP contribution in [-0.4, -0.2) is 36.8 Å². The van der Waals surface area contributed by atoms with Crippen LogP contribution in [0.4, 0.5) is 0 Å². The topological polar surface area (TPSA) is 32.7 Å². The van der Waals surface area contributed by atoms with Gasteiger partial charge in [-0.3, -0.25) is 0 Å². The summed E-state index contributed by atoms with van der Waals surface area (Å²) in [5.41, 5.74) is 1.22. The predicted molar refractivity (Wildman–Crippen MR) is 79.5 cm³/mol. The summed E-state index contributed by atoms with van der Waals surface area (Å²) in [5, 5.41) is 9.53. The summed E-state index contributed by atoms with van der Waals surface area (Å²) in [7, 11) is 4.11. The van der Waals surface area contributed by atoms with Crippen LogP contribution in [0.25, 0.3) is 0 Å². The van der Waals surface area contributed by atoms with Crippen LogP contribution < -0.4 is 4.74 Å². The van der Waals surface area contributed by atoms with Gasteiger partial charge in [0.2, 0.25) is 0 Å². The van der Waals surface area contributed by atoms with E-state index in [9.17, 15) is 5.11 Å². The van der Waals surface area contributed by atoms with Crippen molar-refractivity contribution < 1.29 is 9.84 Å². The lowest BCUT2D eigenvalue weighted by molar-refractivity contribution is 0.130. The first-order chi connectivity index (χ1) is 8.99. The zero-order chi connectivity index (χ0) is 14.4. The zero-order valence-electron chi connectivity index (χ0n) is 12.8. The Bertz CT molecular complexity index is 356. The third kappa shape index (κ3) is 4.51. The van der Waals surface area contributed by atoms with Gasteiger partial charge in [-0.2, -0.15) is 0 Å². The predicted octanol–water partition coefficient (Wildman–Crippen LogP) is 3.10. The largest absolute Gasteiger partial charge is 0.491 e. The monoisotopic (exact) mass is 265 g/mol. The van der Waals surface area contributed by atoms with Gasteiger partial charge >= 0.3 is 0 Å². The molecule has 19 heavy (non-hydrogen) atoms. The van der Waals surface area contributed by atoms with Crippen molar-refractivity contribution in [1.82, 2.24) is 4.90 Å². The summed E-state index contributed by atoms with van der Waals surface area (Å²) in [5.74, 6) is 1.15. The Morgan fingerprint density at radius 3 is 2.11 bits per heavy atom. The van der Waals surface area contributed by atoms with Crippen molar-refractivity contribution in [3.8, 4) is 5.75 Å². The first-order valence-electron chi connectivity index (χ1n) is 7.03. The zero-order valence-corrected chi connectivity index (χ0v) is 12.8. The van der Waals surface area contributed by atoms with Crippen LogP contribution in [0, 0.1) is 5.92 Å². The molecule has 0 fully saturated rings. The van der Waals surface area contributed by atoms with Crippen LogP contribution in [0.15, 0.2) is 24.3 Å². The van der Waals surface area contributed by atoms with E-state index in [1.54, 1.807) is 0 Å². The Kier molecular flexibility index (Phi) is 6.32. The van der Waals surface area contributed by atoms with E-state index in [4.69, 9.17) is 4.74 Å². The molecule has 0 saturated carbocycles. The Hall–Kier alpha value is -1.06. The van der Waals surface area contributed by atoms with Crippen molar-refractivity contribution in [2.75, 3.05) is 20.7 Å². The maximum Gasteiger partial charge on any atom is 0.119 e. The molecule has 0 bridgehead atoms. The Morgan fingerprint density at radius 2 is 1.74 bits per heavy atom. The summed E-state index contributed by atoms with van der Waals surface area (Å²) in [4.78, 5) is 2.17. The van der Waals surface area contributed by atoms with Crippen molar-refractivity contribution >= 4 is 0 Å². The van der Waals surface area contributed by atoms with E-state index in [0.29, 0.717) is 0 Å². The Balaban J connectivity index is 2.91. The molecule has 2 atom stereocenters. The van der Waals surface area contributed by atoms with Crippen LogP contribution in [0.3, 0.4) is 0 Å².